The van der Waals surface area contributed by atoms with Gasteiger partial charge in [-0.1, -0.05) is 60.7 Å². The molecule has 0 fully saturated rings. The van der Waals surface area contributed by atoms with Gasteiger partial charge in [-0.15, -0.1) is 0 Å². The molecule has 164 valence electrons. The van der Waals surface area contributed by atoms with Crippen molar-refractivity contribution in [1.82, 2.24) is 4.98 Å². The van der Waals surface area contributed by atoms with E-state index in [1.165, 1.54) is 83.8 Å². The molecule has 0 saturated heterocycles. The molecule has 0 radical (unpaired) electrons. The second-order valence-corrected chi connectivity index (χ2v) is 10.3. The summed E-state index contributed by atoms with van der Waals surface area (Å²) in [5.41, 5.74) is 21.5. The van der Waals surface area contributed by atoms with Gasteiger partial charge in [0.25, 0.3) is 0 Å². The molecule has 9 rings (SSSR count). The van der Waals surface area contributed by atoms with Gasteiger partial charge in [-0.25, -0.2) is 0 Å². The number of pyridine rings is 1. The van der Waals surface area contributed by atoms with Crippen molar-refractivity contribution in [2.45, 2.75) is 25.7 Å². The summed E-state index contributed by atoms with van der Waals surface area (Å²) in [6.07, 6.45) is 8.06. The number of aromatic nitrogens is 1. The lowest BCUT2D eigenvalue weighted by Gasteiger charge is -2.41. The first kappa shape index (κ1) is 18.2. The zero-order valence-electron chi connectivity index (χ0n) is 19.3. The maximum absolute atomic E-state index is 4.53. The third-order valence-electron chi connectivity index (χ3n) is 8.63. The fraction of sp³-hybridized carbons (Fsp3) is 0.121. The largest absolute Gasteiger partial charge is 0.309 e. The van der Waals surface area contributed by atoms with Crippen LogP contribution in [0, 0.1) is 0 Å². The molecule has 0 bridgehead atoms. The Balaban J connectivity index is 1.35. The number of rotatable bonds is 0. The Bertz CT molecular complexity index is 1760. The van der Waals surface area contributed by atoms with Crippen LogP contribution in [0.1, 0.15) is 44.5 Å². The molecule has 2 heteroatoms. The second kappa shape index (κ2) is 6.28. The van der Waals surface area contributed by atoms with Gasteiger partial charge in [-0.2, -0.15) is 0 Å². The zero-order chi connectivity index (χ0) is 22.7. The van der Waals surface area contributed by atoms with Gasteiger partial charge in [-0.3, -0.25) is 4.98 Å². The highest BCUT2D eigenvalue weighted by molar-refractivity contribution is 5.97. The molecule has 0 atom stereocenters. The summed E-state index contributed by atoms with van der Waals surface area (Å²) >= 11 is 0. The van der Waals surface area contributed by atoms with E-state index < -0.39 is 0 Å². The van der Waals surface area contributed by atoms with Gasteiger partial charge in [0.2, 0.25) is 0 Å². The summed E-state index contributed by atoms with van der Waals surface area (Å²) < 4.78 is 0. The van der Waals surface area contributed by atoms with E-state index in [2.05, 4.69) is 88.9 Å². The van der Waals surface area contributed by atoms with Crippen LogP contribution < -0.4 is 4.90 Å². The standard InChI is InChI=1S/C33H22N2/c1-3-7-24-20(6-1)15-27-26(24)9-10-31-28(27)16-22-14-21-13-19-5-2-4-8-25(19)32(21)29-17-23-18-34-12-11-30(23)35(31)33(22)29/h1-12,14,18H,13,15-17H2. The molecule has 35 heavy (non-hydrogen) atoms. The Kier molecular flexibility index (Phi) is 3.27. The van der Waals surface area contributed by atoms with E-state index >= 15 is 0 Å². The molecule has 3 heterocycles. The highest BCUT2D eigenvalue weighted by atomic mass is 15.2. The van der Waals surface area contributed by atoms with E-state index in [9.17, 15) is 0 Å². The third kappa shape index (κ3) is 2.23. The normalized spacial score (nSPS) is 14.9. The highest BCUT2D eigenvalue weighted by Gasteiger charge is 2.37. The predicted octanol–water partition coefficient (Wildman–Crippen LogP) is 7.50. The van der Waals surface area contributed by atoms with Gasteiger partial charge in [0, 0.05) is 25.2 Å². The summed E-state index contributed by atoms with van der Waals surface area (Å²) in [6, 6.07) is 27.4. The smallest absolute Gasteiger partial charge is 0.0539 e. The lowest BCUT2D eigenvalue weighted by atomic mass is 9.81. The first-order chi connectivity index (χ1) is 17.3. The summed E-state index contributed by atoms with van der Waals surface area (Å²) in [5.74, 6) is 0. The minimum atomic E-state index is 0.950. The Labute approximate surface area is 204 Å². The van der Waals surface area contributed by atoms with Gasteiger partial charge in [0.05, 0.1) is 17.1 Å². The van der Waals surface area contributed by atoms with Crippen molar-refractivity contribution in [2.75, 3.05) is 4.90 Å². The summed E-state index contributed by atoms with van der Waals surface area (Å²) in [5, 5.41) is 0. The third-order valence-corrected chi connectivity index (χ3v) is 8.63. The van der Waals surface area contributed by atoms with Crippen molar-refractivity contribution >= 4 is 17.1 Å². The van der Waals surface area contributed by atoms with Crippen molar-refractivity contribution in [3.05, 3.63) is 130 Å². The van der Waals surface area contributed by atoms with Crippen LogP contribution in [0.4, 0.5) is 17.1 Å². The Morgan fingerprint density at radius 3 is 2.23 bits per heavy atom. The SMILES string of the molecule is c1ccc2c(c1)Cc1c-2ccc2c1Cc1cc3c(c4c1N2c1ccncc1C4)-c1ccccc1C3. The van der Waals surface area contributed by atoms with Gasteiger partial charge >= 0.3 is 0 Å². The zero-order valence-corrected chi connectivity index (χ0v) is 19.3. The maximum atomic E-state index is 4.53. The van der Waals surface area contributed by atoms with Crippen LogP contribution in [0.25, 0.3) is 22.3 Å². The monoisotopic (exact) mass is 446 g/mol. The van der Waals surface area contributed by atoms with Crippen molar-refractivity contribution in [2.24, 2.45) is 0 Å². The molecule has 2 aliphatic carbocycles. The van der Waals surface area contributed by atoms with Crippen LogP contribution in [-0.4, -0.2) is 4.98 Å². The minimum absolute atomic E-state index is 0.950. The Morgan fingerprint density at radius 1 is 0.543 bits per heavy atom. The average Bonchev–Trinajstić information content (AvgIpc) is 3.47. The first-order valence-corrected chi connectivity index (χ1v) is 12.6. The second-order valence-electron chi connectivity index (χ2n) is 10.3. The van der Waals surface area contributed by atoms with E-state index in [0.29, 0.717) is 0 Å². The van der Waals surface area contributed by atoms with Crippen LogP contribution in [0.5, 0.6) is 0 Å². The quantitative estimate of drug-likeness (QED) is 0.240. The Morgan fingerprint density at radius 2 is 1.31 bits per heavy atom. The van der Waals surface area contributed by atoms with Gasteiger partial charge < -0.3 is 4.90 Å². The summed E-state index contributed by atoms with van der Waals surface area (Å²) in [6.45, 7) is 0. The number of anilines is 3. The summed E-state index contributed by atoms with van der Waals surface area (Å²) in [7, 11) is 0. The molecule has 0 amide bonds. The lowest BCUT2D eigenvalue weighted by Crippen LogP contribution is -2.26. The van der Waals surface area contributed by atoms with Crippen molar-refractivity contribution < 1.29 is 0 Å². The van der Waals surface area contributed by atoms with Gasteiger partial charge in [0.1, 0.15) is 0 Å². The molecule has 0 spiro atoms. The van der Waals surface area contributed by atoms with Crippen LogP contribution in [-0.2, 0) is 25.7 Å². The molecule has 4 aromatic carbocycles. The minimum Gasteiger partial charge on any atom is -0.309 e. The van der Waals surface area contributed by atoms with Crippen molar-refractivity contribution in [1.29, 1.82) is 0 Å². The van der Waals surface area contributed by atoms with Crippen LogP contribution in [0.15, 0.2) is 85.2 Å². The molecular formula is C33H22N2. The molecular weight excluding hydrogens is 424 g/mol. The molecule has 0 unspecified atom stereocenters. The molecule has 0 N–H and O–H groups in total. The van der Waals surface area contributed by atoms with Crippen LogP contribution in [0.3, 0.4) is 0 Å². The van der Waals surface area contributed by atoms with E-state index in [1.807, 2.05) is 6.20 Å². The maximum Gasteiger partial charge on any atom is 0.0539 e. The average molecular weight is 447 g/mol. The molecule has 2 nitrogen and oxygen atoms in total. The number of hydrogen-bond donors (Lipinski definition) is 0. The predicted molar refractivity (Wildman–Crippen MR) is 141 cm³/mol. The lowest BCUT2D eigenvalue weighted by molar-refractivity contribution is 0.985. The summed E-state index contributed by atoms with van der Waals surface area (Å²) in [4.78, 5) is 7.10. The molecule has 1 aromatic heterocycles. The van der Waals surface area contributed by atoms with E-state index in [4.69, 9.17) is 0 Å². The number of fused-ring (bicyclic) bond motifs is 12. The molecule has 4 aliphatic rings. The Hall–Kier alpha value is -4.17. The number of benzene rings is 4. The molecule has 0 saturated carbocycles. The first-order valence-electron chi connectivity index (χ1n) is 12.6. The van der Waals surface area contributed by atoms with Gasteiger partial charge in [-0.05, 0) is 91.7 Å². The fourth-order valence-corrected chi connectivity index (χ4v) is 7.24. The van der Waals surface area contributed by atoms with Crippen molar-refractivity contribution in [3.63, 3.8) is 0 Å². The topological polar surface area (TPSA) is 16.1 Å². The van der Waals surface area contributed by atoms with Crippen LogP contribution in [0.2, 0.25) is 0 Å². The van der Waals surface area contributed by atoms with E-state index in [-0.39, 0.29) is 0 Å². The molecule has 5 aromatic rings. The van der Waals surface area contributed by atoms with Gasteiger partial charge in [0.15, 0.2) is 0 Å². The molecule has 2 aliphatic heterocycles. The van der Waals surface area contributed by atoms with E-state index in [0.717, 1.165) is 25.7 Å². The van der Waals surface area contributed by atoms with Crippen LogP contribution >= 0.6 is 0 Å². The number of hydrogen-bond acceptors (Lipinski definition) is 2. The van der Waals surface area contributed by atoms with E-state index in [1.54, 1.807) is 0 Å². The number of nitrogens with zero attached hydrogens (tertiary/aromatic N) is 2. The highest BCUT2D eigenvalue weighted by Crippen LogP contribution is 2.56. The fourth-order valence-electron chi connectivity index (χ4n) is 7.24. The van der Waals surface area contributed by atoms with Crippen molar-refractivity contribution in [3.8, 4) is 22.3 Å².